The number of fused-ring (bicyclic) bond motifs is 6. The Balaban J connectivity index is 1.72. The molecule has 4 aromatic rings. The van der Waals surface area contributed by atoms with Crippen LogP contribution in [0.25, 0.3) is 33.1 Å². The van der Waals surface area contributed by atoms with Gasteiger partial charge in [-0.1, -0.05) is 24.3 Å². The van der Waals surface area contributed by atoms with Crippen LogP contribution in [0.2, 0.25) is 0 Å². The first-order chi connectivity index (χ1) is 14.5. The van der Waals surface area contributed by atoms with E-state index in [-0.39, 0.29) is 18.8 Å². The fraction of sp³-hybridized carbons (Fsp3) is 0.174. The number of aliphatic hydroxyl groups excluding tert-OH is 1. The van der Waals surface area contributed by atoms with E-state index in [1.54, 1.807) is 11.5 Å². The van der Waals surface area contributed by atoms with Gasteiger partial charge in [0.05, 0.1) is 35.6 Å². The average Bonchev–Trinajstić information content (AvgIpc) is 3.09. The van der Waals surface area contributed by atoms with Gasteiger partial charge < -0.3 is 19.5 Å². The number of aryl methyl sites for hydroxylation is 1. The monoisotopic (exact) mass is 402 g/mol. The number of carbonyl (C=O) groups is 1. The van der Waals surface area contributed by atoms with Crippen LogP contribution in [0.5, 0.6) is 0 Å². The minimum absolute atomic E-state index is 0.0701. The van der Waals surface area contributed by atoms with Gasteiger partial charge in [0.15, 0.2) is 0 Å². The highest BCUT2D eigenvalue weighted by molar-refractivity contribution is 6.08. The lowest BCUT2D eigenvalue weighted by atomic mass is 9.98. The van der Waals surface area contributed by atoms with Crippen molar-refractivity contribution >= 4 is 27.8 Å². The van der Waals surface area contributed by atoms with Gasteiger partial charge in [0, 0.05) is 10.9 Å². The number of pyridine rings is 2. The minimum Gasteiger partial charge on any atom is -0.450 e. The molecule has 0 atom stereocenters. The number of aromatic nitrogens is 2. The summed E-state index contributed by atoms with van der Waals surface area (Å²) in [5.41, 5.74) is 4.72. The van der Waals surface area contributed by atoms with Gasteiger partial charge in [-0.2, -0.15) is 0 Å². The summed E-state index contributed by atoms with van der Waals surface area (Å²) in [5.74, 6) is 0. The van der Waals surface area contributed by atoms with Crippen LogP contribution in [-0.2, 0) is 24.5 Å². The van der Waals surface area contributed by atoms with Gasteiger partial charge in [0.1, 0.15) is 6.61 Å². The van der Waals surface area contributed by atoms with E-state index < -0.39 is 6.16 Å². The smallest absolute Gasteiger partial charge is 0.450 e. The van der Waals surface area contributed by atoms with Crippen molar-refractivity contribution in [3.8, 4) is 11.4 Å². The second-order valence-corrected chi connectivity index (χ2v) is 7.44. The first kappa shape index (κ1) is 18.3. The van der Waals surface area contributed by atoms with Crippen LogP contribution < -0.4 is 5.56 Å². The molecular formula is C23H18N2O5. The Morgan fingerprint density at radius 2 is 2.07 bits per heavy atom. The maximum atomic E-state index is 13.0. The summed E-state index contributed by atoms with van der Waals surface area (Å²) >= 11 is 0. The van der Waals surface area contributed by atoms with Crippen molar-refractivity contribution in [1.82, 2.24) is 9.55 Å². The van der Waals surface area contributed by atoms with Gasteiger partial charge in [-0.05, 0) is 47.0 Å². The van der Waals surface area contributed by atoms with E-state index in [1.165, 1.54) is 0 Å². The number of rotatable bonds is 3. The molecule has 0 radical (unpaired) electrons. The molecule has 0 bridgehead atoms. The number of hydrogen-bond acceptors (Lipinski definition) is 5. The van der Waals surface area contributed by atoms with E-state index >= 15 is 0 Å². The zero-order valence-corrected chi connectivity index (χ0v) is 16.2. The molecule has 1 aliphatic heterocycles. The number of aliphatic hydroxyl groups is 1. The molecule has 2 aromatic heterocycles. The zero-order chi connectivity index (χ0) is 21.0. The highest BCUT2D eigenvalue weighted by Crippen LogP contribution is 2.35. The molecule has 0 amide bonds. The van der Waals surface area contributed by atoms with Crippen molar-refractivity contribution in [1.29, 1.82) is 0 Å². The van der Waals surface area contributed by atoms with Crippen LogP contribution >= 0.6 is 0 Å². The van der Waals surface area contributed by atoms with E-state index in [9.17, 15) is 14.7 Å². The highest BCUT2D eigenvalue weighted by Gasteiger charge is 2.25. The first-order valence-corrected chi connectivity index (χ1v) is 9.52. The molecule has 30 heavy (non-hydrogen) atoms. The molecule has 7 heteroatoms. The van der Waals surface area contributed by atoms with E-state index in [0.29, 0.717) is 23.4 Å². The number of nitrogens with zero attached hydrogens (tertiary/aromatic N) is 2. The van der Waals surface area contributed by atoms with E-state index in [4.69, 9.17) is 10.1 Å². The van der Waals surface area contributed by atoms with Crippen LogP contribution in [0.15, 0.2) is 47.3 Å². The van der Waals surface area contributed by atoms with Gasteiger partial charge in [0.2, 0.25) is 0 Å². The summed E-state index contributed by atoms with van der Waals surface area (Å²) in [7, 11) is 0. The molecule has 0 spiro atoms. The lowest BCUT2D eigenvalue weighted by Gasteiger charge is -2.10. The van der Waals surface area contributed by atoms with Gasteiger partial charge in [-0.3, -0.25) is 4.79 Å². The van der Waals surface area contributed by atoms with Gasteiger partial charge in [-0.25, -0.2) is 9.78 Å². The first-order valence-electron chi connectivity index (χ1n) is 9.52. The van der Waals surface area contributed by atoms with E-state index in [2.05, 4.69) is 4.74 Å². The molecule has 0 saturated heterocycles. The number of hydrogen-bond donors (Lipinski definition) is 2. The quantitative estimate of drug-likeness (QED) is 0.353. The number of carboxylic acid groups (broad SMARTS) is 1. The van der Waals surface area contributed by atoms with Crippen LogP contribution in [-0.4, -0.2) is 25.9 Å². The zero-order valence-electron chi connectivity index (χ0n) is 16.2. The largest absolute Gasteiger partial charge is 0.506 e. The fourth-order valence-corrected chi connectivity index (χ4v) is 4.27. The van der Waals surface area contributed by atoms with Crippen molar-refractivity contribution in [2.75, 3.05) is 0 Å². The predicted octanol–water partition coefficient (Wildman–Crippen LogP) is 3.57. The lowest BCUT2D eigenvalue weighted by Crippen LogP contribution is -2.25. The van der Waals surface area contributed by atoms with Crippen molar-refractivity contribution in [3.63, 3.8) is 0 Å². The third-order valence-corrected chi connectivity index (χ3v) is 5.71. The van der Waals surface area contributed by atoms with Crippen LogP contribution in [0.3, 0.4) is 0 Å². The van der Waals surface area contributed by atoms with Crippen LogP contribution in [0, 0.1) is 6.92 Å². The summed E-state index contributed by atoms with van der Waals surface area (Å²) in [4.78, 5) is 28.6. The third kappa shape index (κ3) is 2.67. The predicted molar refractivity (Wildman–Crippen MR) is 112 cm³/mol. The van der Waals surface area contributed by atoms with Crippen molar-refractivity contribution in [2.45, 2.75) is 26.7 Å². The fourth-order valence-electron chi connectivity index (χ4n) is 4.27. The van der Waals surface area contributed by atoms with Crippen LogP contribution in [0.1, 0.15) is 22.3 Å². The molecule has 1 aliphatic rings. The van der Waals surface area contributed by atoms with Gasteiger partial charge in [-0.15, -0.1) is 0 Å². The average molecular weight is 402 g/mol. The van der Waals surface area contributed by atoms with Crippen LogP contribution in [0.4, 0.5) is 4.79 Å². The second kappa shape index (κ2) is 6.67. The Hall–Kier alpha value is -3.71. The van der Waals surface area contributed by atoms with Crippen molar-refractivity contribution in [2.24, 2.45) is 0 Å². The molecule has 5 rings (SSSR count). The number of ether oxygens (including phenoxy) is 1. The summed E-state index contributed by atoms with van der Waals surface area (Å²) < 4.78 is 6.24. The van der Waals surface area contributed by atoms with E-state index in [1.807, 2.05) is 42.5 Å². The maximum absolute atomic E-state index is 13.0. The molecule has 0 fully saturated rings. The minimum atomic E-state index is -1.41. The SMILES string of the molecule is Cc1cc2n(c(=O)c1COC(=O)O)Cc1cc3c(ccc4cccc(CO)c43)nc1-2. The normalized spacial score (nSPS) is 12.2. The molecule has 0 unspecified atom stereocenters. The summed E-state index contributed by atoms with van der Waals surface area (Å²) in [6.45, 7) is 1.77. The highest BCUT2D eigenvalue weighted by atomic mass is 16.7. The Labute approximate surface area is 170 Å². The van der Waals surface area contributed by atoms with Crippen molar-refractivity contribution < 1.29 is 19.7 Å². The Morgan fingerprint density at radius 3 is 2.83 bits per heavy atom. The molecule has 3 heterocycles. The Morgan fingerprint density at radius 1 is 1.23 bits per heavy atom. The summed E-state index contributed by atoms with van der Waals surface area (Å²) in [6.07, 6.45) is -1.41. The number of benzene rings is 2. The molecule has 0 aliphatic carbocycles. The van der Waals surface area contributed by atoms with E-state index in [0.717, 1.165) is 38.5 Å². The molecule has 2 N–H and O–H groups in total. The van der Waals surface area contributed by atoms with Gasteiger partial charge in [0.25, 0.3) is 5.56 Å². The molecule has 7 nitrogen and oxygen atoms in total. The summed E-state index contributed by atoms with van der Waals surface area (Å²) in [5, 5.41) is 21.5. The second-order valence-electron chi connectivity index (χ2n) is 7.44. The molecule has 0 saturated carbocycles. The Bertz CT molecular complexity index is 1420. The Kier molecular flexibility index (Phi) is 4.08. The van der Waals surface area contributed by atoms with Gasteiger partial charge >= 0.3 is 6.16 Å². The topological polar surface area (TPSA) is 102 Å². The third-order valence-electron chi connectivity index (χ3n) is 5.71. The maximum Gasteiger partial charge on any atom is 0.506 e. The lowest BCUT2D eigenvalue weighted by molar-refractivity contribution is 0.0848. The molecule has 150 valence electrons. The van der Waals surface area contributed by atoms with Crippen molar-refractivity contribution in [3.05, 3.63) is 75.1 Å². The molecule has 2 aromatic carbocycles. The summed E-state index contributed by atoms with van der Waals surface area (Å²) in [6, 6.07) is 13.6. The molecular weight excluding hydrogens is 384 g/mol. The standard InChI is InChI=1S/C23H18N2O5/c1-12-7-19-21-15(9-25(19)22(27)17(12)11-30-23(28)29)8-16-18(24-21)6-5-13-3-2-4-14(10-26)20(13)16/h2-8,26H,9-11H2,1H3,(H,28,29).